The van der Waals surface area contributed by atoms with Crippen molar-refractivity contribution in [3.05, 3.63) is 33.5 Å². The Labute approximate surface area is 125 Å². The third-order valence-corrected chi connectivity index (χ3v) is 4.25. The molecule has 0 spiro atoms. The van der Waals surface area contributed by atoms with Crippen molar-refractivity contribution in [1.29, 1.82) is 0 Å². The molecule has 108 valence electrons. The minimum atomic E-state index is 0.714. The Kier molecular flexibility index (Phi) is 4.21. The van der Waals surface area contributed by atoms with E-state index in [1.54, 1.807) is 0 Å². The zero-order valence-corrected chi connectivity index (χ0v) is 13.5. The van der Waals surface area contributed by atoms with Crippen molar-refractivity contribution in [2.75, 3.05) is 14.1 Å². The fourth-order valence-electron chi connectivity index (χ4n) is 2.84. The van der Waals surface area contributed by atoms with E-state index in [1.807, 2.05) is 21.0 Å². The molecule has 1 aromatic heterocycles. The van der Waals surface area contributed by atoms with E-state index in [-0.39, 0.29) is 0 Å². The van der Waals surface area contributed by atoms with Crippen molar-refractivity contribution in [3.8, 4) is 0 Å². The number of hydrogen-bond donors (Lipinski definition) is 0. The van der Waals surface area contributed by atoms with Crippen LogP contribution < -0.4 is 0 Å². The summed E-state index contributed by atoms with van der Waals surface area (Å²) in [7, 11) is 4.03. The summed E-state index contributed by atoms with van der Waals surface area (Å²) in [5.74, 6) is 0. The lowest BCUT2D eigenvalue weighted by Gasteiger charge is -2.15. The Bertz CT molecular complexity index is 671. The molecule has 3 nitrogen and oxygen atoms in total. The van der Waals surface area contributed by atoms with Gasteiger partial charge in [-0.05, 0) is 52.1 Å². The molecule has 0 saturated heterocycles. The Balaban J connectivity index is 2.87. The molecule has 2 aromatic rings. The van der Waals surface area contributed by atoms with Gasteiger partial charge in [-0.15, -0.1) is 0 Å². The highest BCUT2D eigenvalue weighted by Gasteiger charge is 2.19. The molecule has 0 aliphatic carbocycles. The highest BCUT2D eigenvalue weighted by Crippen LogP contribution is 2.35. The summed E-state index contributed by atoms with van der Waals surface area (Å²) in [6, 6.07) is 2.14. The first-order valence-electron chi connectivity index (χ1n) is 6.83. The van der Waals surface area contributed by atoms with E-state index in [9.17, 15) is 4.79 Å². The molecular weight excluding hydrogens is 272 g/mol. The average molecular weight is 293 g/mol. The maximum Gasteiger partial charge on any atom is 0.152 e. The number of benzene rings is 1. The van der Waals surface area contributed by atoms with Gasteiger partial charge in [-0.1, -0.05) is 11.6 Å². The van der Waals surface area contributed by atoms with Gasteiger partial charge in [0.25, 0.3) is 0 Å². The second-order valence-corrected chi connectivity index (χ2v) is 5.86. The Morgan fingerprint density at radius 2 is 2.00 bits per heavy atom. The molecule has 1 aromatic carbocycles. The number of hydrogen-bond acceptors (Lipinski definition) is 2. The third kappa shape index (κ3) is 2.25. The molecule has 1 heterocycles. The van der Waals surface area contributed by atoms with Crippen molar-refractivity contribution in [2.45, 2.75) is 33.9 Å². The van der Waals surface area contributed by atoms with E-state index in [0.717, 1.165) is 41.5 Å². The fourth-order valence-corrected chi connectivity index (χ4v) is 3.25. The molecule has 0 aliphatic heterocycles. The lowest BCUT2D eigenvalue weighted by atomic mass is 10.0. The molecule has 0 atom stereocenters. The summed E-state index contributed by atoms with van der Waals surface area (Å²) in [5, 5.41) is 1.61. The van der Waals surface area contributed by atoms with Crippen LogP contribution in [0.1, 0.15) is 34.1 Å². The van der Waals surface area contributed by atoms with Crippen molar-refractivity contribution in [1.82, 2.24) is 9.47 Å². The normalized spacial score (nSPS) is 11.6. The molecule has 4 heteroatoms. The number of rotatable bonds is 4. The fraction of sp³-hybridized carbons (Fsp3) is 0.438. The second kappa shape index (κ2) is 5.58. The van der Waals surface area contributed by atoms with Gasteiger partial charge in [0, 0.05) is 29.7 Å². The molecule has 0 bridgehead atoms. The van der Waals surface area contributed by atoms with Gasteiger partial charge in [0.15, 0.2) is 6.29 Å². The van der Waals surface area contributed by atoms with Crippen LogP contribution in [0.3, 0.4) is 0 Å². The van der Waals surface area contributed by atoms with E-state index < -0.39 is 0 Å². The van der Waals surface area contributed by atoms with Crippen LogP contribution in [0, 0.1) is 13.8 Å². The van der Waals surface area contributed by atoms with Gasteiger partial charge in [-0.25, -0.2) is 0 Å². The topological polar surface area (TPSA) is 25.2 Å². The number of carbonyl (C=O) groups is 1. The zero-order chi connectivity index (χ0) is 15.0. The van der Waals surface area contributed by atoms with Crippen LogP contribution in [0.15, 0.2) is 6.07 Å². The molecule has 0 amide bonds. The summed E-state index contributed by atoms with van der Waals surface area (Å²) < 4.78 is 2.15. The molecule has 2 rings (SSSR count). The van der Waals surface area contributed by atoms with Gasteiger partial charge in [-0.3, -0.25) is 4.79 Å². The van der Waals surface area contributed by atoms with E-state index >= 15 is 0 Å². The quantitative estimate of drug-likeness (QED) is 0.801. The van der Waals surface area contributed by atoms with E-state index in [2.05, 4.69) is 29.4 Å². The van der Waals surface area contributed by atoms with E-state index in [0.29, 0.717) is 10.6 Å². The predicted octanol–water partition coefficient (Wildman–Crippen LogP) is 3.81. The Morgan fingerprint density at radius 1 is 1.35 bits per heavy atom. The van der Waals surface area contributed by atoms with Gasteiger partial charge in [0.05, 0.1) is 10.5 Å². The van der Waals surface area contributed by atoms with Crippen molar-refractivity contribution < 1.29 is 4.79 Å². The SMILES string of the molecule is CCn1c(C)c(C=O)c2c(Cl)c(CN(C)C)c(C)cc21. The maximum absolute atomic E-state index is 11.5. The molecule has 0 unspecified atom stereocenters. The monoisotopic (exact) mass is 292 g/mol. The summed E-state index contributed by atoms with van der Waals surface area (Å²) in [6.45, 7) is 7.74. The molecule has 0 fully saturated rings. The second-order valence-electron chi connectivity index (χ2n) is 5.48. The highest BCUT2D eigenvalue weighted by molar-refractivity contribution is 6.37. The van der Waals surface area contributed by atoms with Crippen LogP contribution in [0.4, 0.5) is 0 Å². The number of aldehydes is 1. The standard InChI is InChI=1S/C16H21ClN2O/c1-6-19-11(3)13(9-20)15-14(19)7-10(2)12(16(15)17)8-18(4)5/h7,9H,6,8H2,1-5H3. The number of halogens is 1. The van der Waals surface area contributed by atoms with Crippen molar-refractivity contribution >= 4 is 28.8 Å². The Hall–Kier alpha value is -1.32. The van der Waals surface area contributed by atoms with Crippen molar-refractivity contribution in [3.63, 3.8) is 0 Å². The summed E-state index contributed by atoms with van der Waals surface area (Å²) in [5.41, 5.74) is 5.02. The molecule has 0 N–H and O–H groups in total. The third-order valence-electron chi connectivity index (χ3n) is 3.83. The van der Waals surface area contributed by atoms with Crippen LogP contribution in [-0.2, 0) is 13.1 Å². The van der Waals surface area contributed by atoms with Crippen LogP contribution in [0.2, 0.25) is 5.02 Å². The highest BCUT2D eigenvalue weighted by atomic mass is 35.5. The number of nitrogens with zero attached hydrogens (tertiary/aromatic N) is 2. The average Bonchev–Trinajstić information content (AvgIpc) is 2.65. The number of fused-ring (bicyclic) bond motifs is 1. The zero-order valence-electron chi connectivity index (χ0n) is 12.7. The van der Waals surface area contributed by atoms with Gasteiger partial charge < -0.3 is 9.47 Å². The molecule has 20 heavy (non-hydrogen) atoms. The van der Waals surface area contributed by atoms with Crippen molar-refractivity contribution in [2.24, 2.45) is 0 Å². The number of aryl methyl sites for hydroxylation is 2. The van der Waals surface area contributed by atoms with Crippen LogP contribution >= 0.6 is 11.6 Å². The summed E-state index contributed by atoms with van der Waals surface area (Å²) >= 11 is 6.62. The molecule has 0 saturated carbocycles. The minimum absolute atomic E-state index is 0.714. The summed E-state index contributed by atoms with van der Waals surface area (Å²) in [6.07, 6.45) is 0.921. The largest absolute Gasteiger partial charge is 0.344 e. The lowest BCUT2D eigenvalue weighted by molar-refractivity contribution is 0.112. The van der Waals surface area contributed by atoms with Crippen LogP contribution in [0.5, 0.6) is 0 Å². The Morgan fingerprint density at radius 3 is 2.50 bits per heavy atom. The van der Waals surface area contributed by atoms with Gasteiger partial charge in [0.1, 0.15) is 0 Å². The minimum Gasteiger partial charge on any atom is -0.344 e. The van der Waals surface area contributed by atoms with Gasteiger partial charge >= 0.3 is 0 Å². The maximum atomic E-state index is 11.5. The molecule has 0 aliphatic rings. The smallest absolute Gasteiger partial charge is 0.152 e. The molecular formula is C16H21ClN2O. The predicted molar refractivity (Wildman–Crippen MR) is 84.9 cm³/mol. The van der Waals surface area contributed by atoms with Crippen LogP contribution in [-0.4, -0.2) is 29.8 Å². The van der Waals surface area contributed by atoms with E-state index in [1.165, 1.54) is 5.56 Å². The number of carbonyl (C=O) groups excluding carboxylic acids is 1. The van der Waals surface area contributed by atoms with Crippen LogP contribution in [0.25, 0.3) is 10.9 Å². The summed E-state index contributed by atoms with van der Waals surface area (Å²) in [4.78, 5) is 13.5. The van der Waals surface area contributed by atoms with Gasteiger partial charge in [0.2, 0.25) is 0 Å². The number of aromatic nitrogens is 1. The first-order chi connectivity index (χ1) is 9.42. The lowest BCUT2D eigenvalue weighted by Crippen LogP contribution is -2.12. The molecule has 0 radical (unpaired) electrons. The first-order valence-corrected chi connectivity index (χ1v) is 7.20. The van der Waals surface area contributed by atoms with Gasteiger partial charge in [-0.2, -0.15) is 0 Å². The van der Waals surface area contributed by atoms with E-state index in [4.69, 9.17) is 11.6 Å². The first kappa shape index (κ1) is 15.1.